The van der Waals surface area contributed by atoms with Crippen LogP contribution in [0.25, 0.3) is 0 Å². The number of amides is 2. The second-order valence-corrected chi connectivity index (χ2v) is 5.37. The molecule has 0 saturated heterocycles. The van der Waals surface area contributed by atoms with E-state index in [4.69, 9.17) is 4.74 Å². The van der Waals surface area contributed by atoms with E-state index in [1.54, 1.807) is 32.3 Å². The second kappa shape index (κ2) is 7.43. The molecule has 130 valence electrons. The number of anilines is 1. The molecule has 0 bridgehead atoms. The summed E-state index contributed by atoms with van der Waals surface area (Å²) < 4.78 is 5.01. The first-order valence-electron chi connectivity index (χ1n) is 7.29. The van der Waals surface area contributed by atoms with Crippen LogP contribution in [0.2, 0.25) is 0 Å². The number of nitro benzene ring substituents is 1. The van der Waals surface area contributed by atoms with Crippen LogP contribution in [0, 0.1) is 10.1 Å². The molecule has 0 radical (unpaired) electrons. The predicted octanol–water partition coefficient (Wildman–Crippen LogP) is 2.56. The summed E-state index contributed by atoms with van der Waals surface area (Å²) in [5, 5.41) is 13.7. The molecule has 25 heavy (non-hydrogen) atoms. The lowest BCUT2D eigenvalue weighted by Gasteiger charge is -2.12. The molecular formula is C17H17N3O5. The first-order valence-corrected chi connectivity index (χ1v) is 7.29. The Morgan fingerprint density at radius 2 is 1.88 bits per heavy atom. The molecule has 2 aromatic rings. The van der Waals surface area contributed by atoms with E-state index in [1.165, 1.54) is 36.3 Å². The van der Waals surface area contributed by atoms with Gasteiger partial charge in [-0.2, -0.15) is 0 Å². The number of nitrogens with zero attached hydrogens (tertiary/aromatic N) is 2. The number of benzene rings is 2. The number of hydrogen-bond acceptors (Lipinski definition) is 5. The largest absolute Gasteiger partial charge is 0.497 e. The van der Waals surface area contributed by atoms with Crippen LogP contribution in [0.3, 0.4) is 0 Å². The fourth-order valence-corrected chi connectivity index (χ4v) is 2.17. The number of nitro groups is 1. The number of methoxy groups -OCH3 is 1. The predicted molar refractivity (Wildman–Crippen MR) is 92.1 cm³/mol. The van der Waals surface area contributed by atoms with Gasteiger partial charge in [0.2, 0.25) is 0 Å². The lowest BCUT2D eigenvalue weighted by molar-refractivity contribution is -0.385. The van der Waals surface area contributed by atoms with Crippen LogP contribution in [0.1, 0.15) is 20.7 Å². The van der Waals surface area contributed by atoms with E-state index in [9.17, 15) is 19.7 Å². The van der Waals surface area contributed by atoms with Crippen molar-refractivity contribution in [3.63, 3.8) is 0 Å². The first kappa shape index (κ1) is 17.9. The SMILES string of the molecule is COc1ccc([N+](=O)[O-])c(C(=O)Nc2cccc(C(=O)N(C)C)c2)c1. The van der Waals surface area contributed by atoms with Crippen LogP contribution in [-0.4, -0.2) is 42.8 Å². The Hall–Kier alpha value is -3.42. The number of ether oxygens (including phenoxy) is 1. The highest BCUT2D eigenvalue weighted by Gasteiger charge is 2.21. The maximum absolute atomic E-state index is 12.5. The fraction of sp³-hybridized carbons (Fsp3) is 0.176. The molecule has 0 aliphatic rings. The van der Waals surface area contributed by atoms with E-state index in [0.29, 0.717) is 17.0 Å². The van der Waals surface area contributed by atoms with Gasteiger partial charge in [-0.05, 0) is 30.3 Å². The lowest BCUT2D eigenvalue weighted by atomic mass is 10.1. The zero-order valence-corrected chi connectivity index (χ0v) is 14.0. The zero-order valence-electron chi connectivity index (χ0n) is 14.0. The fourth-order valence-electron chi connectivity index (χ4n) is 2.17. The number of rotatable bonds is 5. The molecule has 0 aliphatic heterocycles. The molecule has 0 fully saturated rings. The first-order chi connectivity index (χ1) is 11.8. The Morgan fingerprint density at radius 3 is 2.48 bits per heavy atom. The lowest BCUT2D eigenvalue weighted by Crippen LogP contribution is -2.22. The Labute approximate surface area is 144 Å². The molecule has 8 heteroatoms. The molecule has 2 aromatic carbocycles. The highest BCUT2D eigenvalue weighted by atomic mass is 16.6. The number of carbonyl (C=O) groups excluding carboxylic acids is 2. The van der Waals surface area contributed by atoms with Crippen molar-refractivity contribution in [2.75, 3.05) is 26.5 Å². The van der Waals surface area contributed by atoms with Crippen LogP contribution >= 0.6 is 0 Å². The van der Waals surface area contributed by atoms with Gasteiger partial charge in [0.15, 0.2) is 0 Å². The van der Waals surface area contributed by atoms with Crippen LogP contribution in [0.15, 0.2) is 42.5 Å². The summed E-state index contributed by atoms with van der Waals surface area (Å²) in [7, 11) is 4.64. The maximum Gasteiger partial charge on any atom is 0.282 e. The van der Waals surface area contributed by atoms with Crippen molar-refractivity contribution in [1.29, 1.82) is 0 Å². The molecule has 8 nitrogen and oxygen atoms in total. The summed E-state index contributed by atoms with van der Waals surface area (Å²) >= 11 is 0. The third kappa shape index (κ3) is 4.11. The quantitative estimate of drug-likeness (QED) is 0.664. The minimum atomic E-state index is -0.667. The summed E-state index contributed by atoms with van der Waals surface area (Å²) in [6.45, 7) is 0. The van der Waals surface area contributed by atoms with E-state index in [2.05, 4.69) is 5.32 Å². The summed E-state index contributed by atoms with van der Waals surface area (Å²) in [6.07, 6.45) is 0. The van der Waals surface area contributed by atoms with Crippen molar-refractivity contribution in [3.05, 3.63) is 63.7 Å². The van der Waals surface area contributed by atoms with Gasteiger partial charge >= 0.3 is 0 Å². The molecular weight excluding hydrogens is 326 g/mol. The Morgan fingerprint density at radius 1 is 1.16 bits per heavy atom. The van der Waals surface area contributed by atoms with E-state index in [1.807, 2.05) is 0 Å². The number of hydrogen-bond donors (Lipinski definition) is 1. The van der Waals surface area contributed by atoms with Crippen molar-refractivity contribution in [2.45, 2.75) is 0 Å². The Bertz CT molecular complexity index is 833. The van der Waals surface area contributed by atoms with Gasteiger partial charge < -0.3 is 15.0 Å². The minimum Gasteiger partial charge on any atom is -0.497 e. The molecule has 0 aromatic heterocycles. The molecule has 0 heterocycles. The molecule has 0 aliphatic carbocycles. The Balaban J connectivity index is 2.33. The molecule has 1 N–H and O–H groups in total. The zero-order chi connectivity index (χ0) is 18.6. The maximum atomic E-state index is 12.5. The summed E-state index contributed by atoms with van der Waals surface area (Å²) in [4.78, 5) is 36.3. The molecule has 0 atom stereocenters. The van der Waals surface area contributed by atoms with Gasteiger partial charge in [-0.15, -0.1) is 0 Å². The van der Waals surface area contributed by atoms with Crippen LogP contribution in [0.4, 0.5) is 11.4 Å². The average molecular weight is 343 g/mol. The van der Waals surface area contributed by atoms with Crippen molar-refractivity contribution in [2.24, 2.45) is 0 Å². The molecule has 0 spiro atoms. The standard InChI is InChI=1S/C17H17N3O5/c1-19(2)17(22)11-5-4-6-12(9-11)18-16(21)14-10-13(25-3)7-8-15(14)20(23)24/h4-10H,1-3H3,(H,18,21). The van der Waals surface area contributed by atoms with Gasteiger partial charge in [-0.3, -0.25) is 19.7 Å². The van der Waals surface area contributed by atoms with E-state index in [0.717, 1.165) is 0 Å². The van der Waals surface area contributed by atoms with Gasteiger partial charge in [0.1, 0.15) is 11.3 Å². The van der Waals surface area contributed by atoms with Gasteiger partial charge in [0, 0.05) is 31.4 Å². The third-order valence-corrected chi connectivity index (χ3v) is 3.42. The number of carbonyl (C=O) groups is 2. The monoisotopic (exact) mass is 343 g/mol. The van der Waals surface area contributed by atoms with Gasteiger partial charge in [0.05, 0.1) is 12.0 Å². The van der Waals surface area contributed by atoms with Crippen LogP contribution < -0.4 is 10.1 Å². The topological polar surface area (TPSA) is 102 Å². The highest BCUT2D eigenvalue weighted by Crippen LogP contribution is 2.25. The second-order valence-electron chi connectivity index (χ2n) is 5.37. The summed E-state index contributed by atoms with van der Waals surface area (Å²) in [5.41, 5.74) is 0.283. The average Bonchev–Trinajstić information content (AvgIpc) is 2.60. The molecule has 0 unspecified atom stereocenters. The molecule has 0 saturated carbocycles. The van der Waals surface area contributed by atoms with Crippen molar-refractivity contribution in [3.8, 4) is 5.75 Å². The van der Waals surface area contributed by atoms with E-state index in [-0.39, 0.29) is 17.2 Å². The highest BCUT2D eigenvalue weighted by molar-refractivity contribution is 6.07. The Kier molecular flexibility index (Phi) is 5.33. The van der Waals surface area contributed by atoms with E-state index >= 15 is 0 Å². The van der Waals surface area contributed by atoms with Gasteiger partial charge in [-0.25, -0.2) is 0 Å². The smallest absolute Gasteiger partial charge is 0.282 e. The summed E-state index contributed by atoms with van der Waals surface area (Å²) in [6, 6.07) is 10.2. The van der Waals surface area contributed by atoms with Crippen LogP contribution in [-0.2, 0) is 0 Å². The van der Waals surface area contributed by atoms with Gasteiger partial charge in [0.25, 0.3) is 17.5 Å². The van der Waals surface area contributed by atoms with E-state index < -0.39 is 10.8 Å². The van der Waals surface area contributed by atoms with Gasteiger partial charge in [-0.1, -0.05) is 6.07 Å². The normalized spacial score (nSPS) is 10.0. The minimum absolute atomic E-state index is 0.131. The third-order valence-electron chi connectivity index (χ3n) is 3.42. The van der Waals surface area contributed by atoms with Crippen molar-refractivity contribution < 1.29 is 19.2 Å². The molecule has 2 rings (SSSR count). The van der Waals surface area contributed by atoms with Crippen molar-refractivity contribution in [1.82, 2.24) is 4.90 Å². The van der Waals surface area contributed by atoms with Crippen LogP contribution in [0.5, 0.6) is 5.75 Å². The van der Waals surface area contributed by atoms with Crippen molar-refractivity contribution >= 4 is 23.2 Å². The number of nitrogens with one attached hydrogen (secondary N) is 1. The molecule has 2 amide bonds. The summed E-state index contributed by atoms with van der Waals surface area (Å²) in [5.74, 6) is -0.559.